The van der Waals surface area contributed by atoms with Crippen molar-refractivity contribution in [1.82, 2.24) is 14.5 Å². The van der Waals surface area contributed by atoms with Gasteiger partial charge in [0.1, 0.15) is 12.3 Å². The number of rotatable bonds is 3. The second-order valence-electron chi connectivity index (χ2n) is 7.83. The van der Waals surface area contributed by atoms with Crippen LogP contribution in [0, 0.1) is 0 Å². The van der Waals surface area contributed by atoms with Crippen molar-refractivity contribution in [1.29, 1.82) is 0 Å². The van der Waals surface area contributed by atoms with Crippen molar-refractivity contribution in [3.05, 3.63) is 56.6 Å². The minimum atomic E-state index is -1.87. The third-order valence-corrected chi connectivity index (χ3v) is 6.30. The van der Waals surface area contributed by atoms with E-state index in [4.69, 9.17) is 15.5 Å². The first kappa shape index (κ1) is 19.4. The zero-order valence-corrected chi connectivity index (χ0v) is 17.1. The molecule has 31 heavy (non-hydrogen) atoms. The number of fused-ring (bicyclic) bond motifs is 5. The quantitative estimate of drug-likeness (QED) is 0.474. The summed E-state index contributed by atoms with van der Waals surface area (Å²) in [4.78, 5) is 46.0. The van der Waals surface area contributed by atoms with Crippen LogP contribution in [-0.4, -0.2) is 31.5 Å². The van der Waals surface area contributed by atoms with Crippen LogP contribution < -0.4 is 11.3 Å². The maximum atomic E-state index is 13.3. The van der Waals surface area contributed by atoms with Gasteiger partial charge in [-0.15, -0.1) is 0 Å². The third kappa shape index (κ3) is 2.50. The average molecular weight is 420 g/mol. The lowest BCUT2D eigenvalue weighted by Gasteiger charge is -2.31. The van der Waals surface area contributed by atoms with E-state index in [-0.39, 0.29) is 35.4 Å². The number of cyclic esters (lactones) is 1. The number of aliphatic hydroxyl groups is 1. The molecule has 3 aromatic rings. The summed E-state index contributed by atoms with van der Waals surface area (Å²) < 4.78 is 6.69. The molecular weight excluding hydrogens is 400 g/mol. The first-order valence-electron chi connectivity index (χ1n) is 10.1. The third-order valence-electron chi connectivity index (χ3n) is 6.30. The Hall–Kier alpha value is -3.59. The molecule has 3 aromatic heterocycles. The number of carbonyl (C=O) groups excluding carboxylic acids is 2. The zero-order valence-electron chi connectivity index (χ0n) is 17.1. The van der Waals surface area contributed by atoms with E-state index in [1.807, 2.05) is 6.92 Å². The molecular formula is C22H20N4O5. The van der Waals surface area contributed by atoms with Gasteiger partial charge in [-0.05, 0) is 30.5 Å². The fraction of sp³-hybridized carbons (Fsp3) is 0.318. The number of hydrogen-bond donors (Lipinski definition) is 2. The molecule has 1 atom stereocenters. The van der Waals surface area contributed by atoms with Gasteiger partial charge in [-0.1, -0.05) is 13.8 Å². The predicted octanol–water partition coefficient (Wildman–Crippen LogP) is 1.14. The number of esters is 1. The Labute approximate surface area is 176 Å². The second kappa shape index (κ2) is 6.45. The van der Waals surface area contributed by atoms with Crippen LogP contribution in [0.2, 0.25) is 0 Å². The van der Waals surface area contributed by atoms with Gasteiger partial charge in [0.15, 0.2) is 5.60 Å². The van der Waals surface area contributed by atoms with Crippen molar-refractivity contribution in [3.63, 3.8) is 0 Å². The van der Waals surface area contributed by atoms with Crippen LogP contribution in [0.5, 0.6) is 0 Å². The van der Waals surface area contributed by atoms with Gasteiger partial charge in [-0.2, -0.15) is 0 Å². The van der Waals surface area contributed by atoms with Gasteiger partial charge in [0.2, 0.25) is 0 Å². The summed E-state index contributed by atoms with van der Waals surface area (Å²) in [5.74, 6) is -1.38. The molecule has 0 spiro atoms. The highest BCUT2D eigenvalue weighted by molar-refractivity contribution is 5.96. The zero-order chi connectivity index (χ0) is 22.1. The molecule has 9 heteroatoms. The fourth-order valence-electron chi connectivity index (χ4n) is 4.60. The molecule has 158 valence electrons. The number of hydrogen-bond acceptors (Lipinski definition) is 7. The smallest absolute Gasteiger partial charge is 0.343 e. The van der Waals surface area contributed by atoms with E-state index in [9.17, 15) is 19.5 Å². The Morgan fingerprint density at radius 1 is 1.29 bits per heavy atom. The molecule has 9 nitrogen and oxygen atoms in total. The number of aromatic nitrogens is 3. The van der Waals surface area contributed by atoms with Crippen LogP contribution in [0.15, 0.2) is 23.1 Å². The van der Waals surface area contributed by atoms with Gasteiger partial charge in [-0.3, -0.25) is 9.59 Å². The molecule has 0 radical (unpaired) electrons. The number of ether oxygens (including phenoxy) is 1. The monoisotopic (exact) mass is 420 g/mol. The average Bonchev–Trinajstić information content (AvgIpc) is 3.13. The largest absolute Gasteiger partial charge is 0.458 e. The van der Waals surface area contributed by atoms with Crippen molar-refractivity contribution >= 4 is 22.8 Å². The van der Waals surface area contributed by atoms with Crippen molar-refractivity contribution in [2.45, 2.75) is 45.4 Å². The lowest BCUT2D eigenvalue weighted by molar-refractivity contribution is -0.172. The minimum absolute atomic E-state index is 0.0831. The van der Waals surface area contributed by atoms with Gasteiger partial charge < -0.3 is 20.1 Å². The van der Waals surface area contributed by atoms with Crippen molar-refractivity contribution in [3.8, 4) is 11.4 Å². The van der Waals surface area contributed by atoms with Crippen LogP contribution in [-0.2, 0) is 34.7 Å². The van der Waals surface area contributed by atoms with E-state index < -0.39 is 17.5 Å². The number of carbonyl (C=O) groups is 2. The molecule has 0 aliphatic carbocycles. The Morgan fingerprint density at radius 2 is 2.06 bits per heavy atom. The van der Waals surface area contributed by atoms with E-state index in [0.717, 1.165) is 16.5 Å². The van der Waals surface area contributed by atoms with E-state index in [1.165, 1.54) is 6.20 Å². The Morgan fingerprint density at radius 3 is 2.74 bits per heavy atom. The molecule has 0 unspecified atom stereocenters. The summed E-state index contributed by atoms with van der Waals surface area (Å²) in [5, 5.41) is 11.7. The summed E-state index contributed by atoms with van der Waals surface area (Å²) in [6.45, 7) is 3.78. The molecule has 2 aliphatic heterocycles. The number of pyridine rings is 3. The van der Waals surface area contributed by atoms with Gasteiger partial charge in [0, 0.05) is 16.5 Å². The second-order valence-corrected chi connectivity index (χ2v) is 7.83. The molecule has 2 aliphatic rings. The number of nitrogens with two attached hydrogens (primary N) is 1. The molecule has 5 rings (SSSR count). The van der Waals surface area contributed by atoms with Gasteiger partial charge in [-0.25, -0.2) is 14.8 Å². The van der Waals surface area contributed by atoms with Crippen LogP contribution in [0.25, 0.3) is 22.3 Å². The maximum Gasteiger partial charge on any atom is 0.343 e. The predicted molar refractivity (Wildman–Crippen MR) is 110 cm³/mol. The lowest BCUT2D eigenvalue weighted by Crippen LogP contribution is -2.44. The molecule has 0 saturated heterocycles. The Bertz CT molecular complexity index is 1380. The molecule has 0 saturated carbocycles. The van der Waals surface area contributed by atoms with E-state index in [1.54, 1.807) is 23.6 Å². The van der Waals surface area contributed by atoms with Crippen LogP contribution in [0.3, 0.4) is 0 Å². The lowest BCUT2D eigenvalue weighted by atomic mass is 9.86. The molecule has 0 bridgehead atoms. The Kier molecular flexibility index (Phi) is 4.03. The van der Waals surface area contributed by atoms with Crippen molar-refractivity contribution in [2.75, 3.05) is 0 Å². The molecule has 0 aromatic carbocycles. The minimum Gasteiger partial charge on any atom is -0.458 e. The molecule has 1 amide bonds. The highest BCUT2D eigenvalue weighted by Gasteiger charge is 2.45. The van der Waals surface area contributed by atoms with Crippen molar-refractivity contribution in [2.24, 2.45) is 5.73 Å². The van der Waals surface area contributed by atoms with Crippen molar-refractivity contribution < 1.29 is 19.4 Å². The molecule has 3 N–H and O–H groups in total. The molecule has 0 fully saturated rings. The number of aryl methyl sites for hydroxylation is 1. The van der Waals surface area contributed by atoms with Gasteiger partial charge in [0.25, 0.3) is 11.5 Å². The number of amides is 1. The summed E-state index contributed by atoms with van der Waals surface area (Å²) in [6, 6.07) is 3.30. The normalized spacial score (nSPS) is 19.0. The van der Waals surface area contributed by atoms with Gasteiger partial charge >= 0.3 is 5.97 Å². The summed E-state index contributed by atoms with van der Waals surface area (Å²) >= 11 is 0. The highest BCUT2D eigenvalue weighted by atomic mass is 16.6. The standard InChI is InChI=1S/C22H20N4O5/c1-3-10-11-5-15(19(23)27)24-7-16(11)25-18-12(10)8-26-17(18)6-14-13(20(26)28)9-31-21(29)22(14,30)4-2/h5-7,30H,3-4,8-9H2,1-2H3,(H2,23,27)/t22-/m0/s1. The first-order valence-corrected chi connectivity index (χ1v) is 10.1. The van der Waals surface area contributed by atoms with E-state index >= 15 is 0 Å². The van der Waals surface area contributed by atoms with E-state index in [2.05, 4.69) is 4.98 Å². The highest BCUT2D eigenvalue weighted by Crippen LogP contribution is 2.40. The summed E-state index contributed by atoms with van der Waals surface area (Å²) in [5.41, 5.74) is 7.44. The van der Waals surface area contributed by atoms with Crippen LogP contribution in [0.4, 0.5) is 0 Å². The first-order chi connectivity index (χ1) is 14.8. The SMILES string of the molecule is CCc1c2c(nc3cnc(C(N)=O)cc13)-c1cc3c(c(=O)n1C2)COC(=O)[C@]3(O)CC. The van der Waals surface area contributed by atoms with Crippen LogP contribution >= 0.6 is 0 Å². The van der Waals surface area contributed by atoms with E-state index in [0.29, 0.717) is 29.9 Å². The van der Waals surface area contributed by atoms with Crippen LogP contribution in [0.1, 0.15) is 53.0 Å². The summed E-state index contributed by atoms with van der Waals surface area (Å²) in [6.07, 6.45) is 2.22. The molecule has 5 heterocycles. The topological polar surface area (TPSA) is 137 Å². The number of primary amides is 1. The fourth-order valence-corrected chi connectivity index (χ4v) is 4.60. The maximum absolute atomic E-state index is 13.3. The van der Waals surface area contributed by atoms with Gasteiger partial charge in [0.05, 0.1) is 35.2 Å². The number of nitrogens with zero attached hydrogens (tertiary/aromatic N) is 3. The Balaban J connectivity index is 1.81. The summed E-state index contributed by atoms with van der Waals surface area (Å²) in [7, 11) is 0.